The van der Waals surface area contributed by atoms with E-state index in [1.807, 2.05) is 39.0 Å². The second-order valence-electron chi connectivity index (χ2n) is 6.26. The quantitative estimate of drug-likeness (QED) is 0.571. The highest BCUT2D eigenvalue weighted by atomic mass is 35.5. The van der Waals surface area contributed by atoms with Gasteiger partial charge < -0.3 is 10.1 Å². The Kier molecular flexibility index (Phi) is 8.45. The standard InChI is InChI=1S/C21H25ClFNO2S/c1-4-19(26-20-10-5-7-14(2)15(20)3)21(25)24-11-12-27-13-16-17(22)8-6-9-18(16)23/h5-10,19H,4,11-13H2,1-3H3,(H,24,25)/t19-/m0/s1. The lowest BCUT2D eigenvalue weighted by Crippen LogP contribution is -2.39. The Labute approximate surface area is 169 Å². The maximum absolute atomic E-state index is 13.7. The van der Waals surface area contributed by atoms with Crippen molar-refractivity contribution in [2.75, 3.05) is 12.3 Å². The summed E-state index contributed by atoms with van der Waals surface area (Å²) in [5, 5.41) is 3.32. The summed E-state index contributed by atoms with van der Waals surface area (Å²) in [7, 11) is 0. The zero-order valence-corrected chi connectivity index (χ0v) is 17.4. The third-order valence-electron chi connectivity index (χ3n) is 4.34. The third kappa shape index (κ3) is 6.15. The van der Waals surface area contributed by atoms with Crippen LogP contribution in [0.1, 0.15) is 30.0 Å². The first kappa shape index (κ1) is 21.6. The van der Waals surface area contributed by atoms with E-state index < -0.39 is 6.10 Å². The summed E-state index contributed by atoms with van der Waals surface area (Å²) in [5.74, 6) is 1.43. The van der Waals surface area contributed by atoms with Gasteiger partial charge in [-0.05, 0) is 49.6 Å². The highest BCUT2D eigenvalue weighted by molar-refractivity contribution is 7.98. The van der Waals surface area contributed by atoms with Crippen LogP contribution in [-0.4, -0.2) is 24.3 Å². The topological polar surface area (TPSA) is 38.3 Å². The van der Waals surface area contributed by atoms with Gasteiger partial charge in [0.2, 0.25) is 0 Å². The van der Waals surface area contributed by atoms with E-state index in [0.717, 1.165) is 16.9 Å². The summed E-state index contributed by atoms with van der Waals surface area (Å²) in [6, 6.07) is 10.5. The number of carbonyl (C=O) groups excluding carboxylic acids is 1. The molecule has 1 N–H and O–H groups in total. The number of hydrogen-bond acceptors (Lipinski definition) is 3. The molecule has 0 aromatic heterocycles. The molecule has 2 aromatic carbocycles. The predicted octanol–water partition coefficient (Wildman–Crippen LogP) is 5.30. The van der Waals surface area contributed by atoms with Crippen LogP contribution in [-0.2, 0) is 10.5 Å². The van der Waals surface area contributed by atoms with Crippen LogP contribution in [0.4, 0.5) is 4.39 Å². The number of halogens is 2. The number of hydrogen-bond donors (Lipinski definition) is 1. The van der Waals surface area contributed by atoms with Crippen molar-refractivity contribution in [3.8, 4) is 5.75 Å². The van der Waals surface area contributed by atoms with Crippen molar-refractivity contribution in [1.29, 1.82) is 0 Å². The second kappa shape index (κ2) is 10.6. The van der Waals surface area contributed by atoms with Crippen LogP contribution in [0, 0.1) is 19.7 Å². The van der Waals surface area contributed by atoms with Gasteiger partial charge in [0, 0.05) is 28.6 Å². The molecule has 0 bridgehead atoms. The molecule has 0 aliphatic rings. The van der Waals surface area contributed by atoms with Gasteiger partial charge >= 0.3 is 0 Å². The van der Waals surface area contributed by atoms with E-state index in [4.69, 9.17) is 16.3 Å². The van der Waals surface area contributed by atoms with Crippen molar-refractivity contribution < 1.29 is 13.9 Å². The molecule has 146 valence electrons. The fourth-order valence-corrected chi connectivity index (χ4v) is 3.73. The van der Waals surface area contributed by atoms with Crippen molar-refractivity contribution in [3.05, 3.63) is 63.9 Å². The summed E-state index contributed by atoms with van der Waals surface area (Å²) in [6.45, 7) is 6.41. The largest absolute Gasteiger partial charge is 0.480 e. The summed E-state index contributed by atoms with van der Waals surface area (Å²) in [4.78, 5) is 12.4. The minimum atomic E-state index is -0.531. The summed E-state index contributed by atoms with van der Waals surface area (Å²) in [5.41, 5.74) is 2.67. The van der Waals surface area contributed by atoms with E-state index >= 15 is 0 Å². The van der Waals surface area contributed by atoms with Gasteiger partial charge in [-0.1, -0.05) is 36.7 Å². The Morgan fingerprint density at radius 1 is 1.26 bits per heavy atom. The molecule has 0 aliphatic carbocycles. The SMILES string of the molecule is CC[C@H](Oc1cccc(C)c1C)C(=O)NCCSCc1c(F)cccc1Cl. The second-order valence-corrected chi connectivity index (χ2v) is 7.77. The number of rotatable bonds is 9. The number of nitrogens with one attached hydrogen (secondary N) is 1. The zero-order chi connectivity index (χ0) is 19.8. The van der Waals surface area contributed by atoms with Gasteiger partial charge in [-0.15, -0.1) is 0 Å². The average Bonchev–Trinajstić information content (AvgIpc) is 2.64. The third-order valence-corrected chi connectivity index (χ3v) is 5.68. The van der Waals surface area contributed by atoms with E-state index in [1.165, 1.54) is 17.8 Å². The predicted molar refractivity (Wildman–Crippen MR) is 111 cm³/mol. The highest BCUT2D eigenvalue weighted by Gasteiger charge is 2.19. The van der Waals surface area contributed by atoms with E-state index in [0.29, 0.717) is 35.1 Å². The molecule has 27 heavy (non-hydrogen) atoms. The van der Waals surface area contributed by atoms with Crippen LogP contribution in [0.15, 0.2) is 36.4 Å². The molecule has 0 saturated carbocycles. The van der Waals surface area contributed by atoms with Gasteiger partial charge in [0.15, 0.2) is 6.10 Å². The Balaban J connectivity index is 1.79. The molecule has 0 saturated heterocycles. The Morgan fingerprint density at radius 2 is 2.00 bits per heavy atom. The molecule has 1 atom stereocenters. The molecule has 6 heteroatoms. The van der Waals surface area contributed by atoms with Crippen molar-refractivity contribution in [3.63, 3.8) is 0 Å². The molecule has 1 amide bonds. The summed E-state index contributed by atoms with van der Waals surface area (Å²) < 4.78 is 19.6. The normalized spacial score (nSPS) is 11.9. The molecular weight excluding hydrogens is 385 g/mol. The van der Waals surface area contributed by atoms with Crippen molar-refractivity contribution in [2.24, 2.45) is 0 Å². The summed E-state index contributed by atoms with van der Waals surface area (Å²) >= 11 is 7.54. The fourth-order valence-electron chi connectivity index (χ4n) is 2.53. The Bertz CT molecular complexity index is 765. The van der Waals surface area contributed by atoms with Gasteiger partial charge in [-0.25, -0.2) is 4.39 Å². The van der Waals surface area contributed by atoms with Gasteiger partial charge in [-0.2, -0.15) is 11.8 Å². The first-order valence-corrected chi connectivity index (χ1v) is 10.5. The average molecular weight is 410 g/mol. The highest BCUT2D eigenvalue weighted by Crippen LogP contribution is 2.24. The minimum Gasteiger partial charge on any atom is -0.480 e. The molecule has 0 heterocycles. The van der Waals surface area contributed by atoms with Crippen LogP contribution in [0.25, 0.3) is 0 Å². The zero-order valence-electron chi connectivity index (χ0n) is 15.9. The molecule has 3 nitrogen and oxygen atoms in total. The van der Waals surface area contributed by atoms with Crippen molar-refractivity contribution in [1.82, 2.24) is 5.32 Å². The van der Waals surface area contributed by atoms with Crippen molar-refractivity contribution in [2.45, 2.75) is 39.0 Å². The maximum Gasteiger partial charge on any atom is 0.261 e. The van der Waals surface area contributed by atoms with E-state index in [2.05, 4.69) is 5.32 Å². The fraction of sp³-hybridized carbons (Fsp3) is 0.381. The minimum absolute atomic E-state index is 0.136. The first-order chi connectivity index (χ1) is 12.9. The van der Waals surface area contributed by atoms with Gasteiger partial charge in [0.25, 0.3) is 5.91 Å². The molecule has 0 fully saturated rings. The number of ether oxygens (including phenoxy) is 1. The van der Waals surface area contributed by atoms with Crippen LogP contribution < -0.4 is 10.1 Å². The lowest BCUT2D eigenvalue weighted by Gasteiger charge is -2.19. The molecule has 0 unspecified atom stereocenters. The van der Waals surface area contributed by atoms with Crippen LogP contribution in [0.5, 0.6) is 5.75 Å². The molecular formula is C21H25ClFNO2S. The maximum atomic E-state index is 13.7. The molecule has 2 aromatic rings. The summed E-state index contributed by atoms with van der Waals surface area (Å²) in [6.07, 6.45) is 0.0495. The number of aryl methyl sites for hydroxylation is 1. The lowest BCUT2D eigenvalue weighted by molar-refractivity contribution is -0.128. The number of carbonyl (C=O) groups is 1. The van der Waals surface area contributed by atoms with Gasteiger partial charge in [0.1, 0.15) is 11.6 Å². The monoisotopic (exact) mass is 409 g/mol. The molecule has 0 spiro atoms. The van der Waals surface area contributed by atoms with Crippen molar-refractivity contribution >= 4 is 29.3 Å². The lowest BCUT2D eigenvalue weighted by atomic mass is 10.1. The smallest absolute Gasteiger partial charge is 0.261 e. The van der Waals surface area contributed by atoms with E-state index in [-0.39, 0.29) is 11.7 Å². The molecule has 2 rings (SSSR count). The van der Waals surface area contributed by atoms with Crippen LogP contribution in [0.2, 0.25) is 5.02 Å². The van der Waals surface area contributed by atoms with Crippen LogP contribution >= 0.6 is 23.4 Å². The molecule has 0 radical (unpaired) electrons. The first-order valence-electron chi connectivity index (χ1n) is 8.95. The van der Waals surface area contributed by atoms with E-state index in [1.54, 1.807) is 12.1 Å². The number of thioether (sulfide) groups is 1. The number of benzene rings is 2. The van der Waals surface area contributed by atoms with Crippen LogP contribution in [0.3, 0.4) is 0 Å². The van der Waals surface area contributed by atoms with Gasteiger partial charge in [-0.3, -0.25) is 4.79 Å². The Hall–Kier alpha value is -1.72. The van der Waals surface area contributed by atoms with Gasteiger partial charge in [0.05, 0.1) is 0 Å². The number of amides is 1. The molecule has 0 aliphatic heterocycles. The van der Waals surface area contributed by atoms with E-state index in [9.17, 15) is 9.18 Å². The Morgan fingerprint density at radius 3 is 2.70 bits per heavy atom.